The molecule has 1 atom stereocenters. The summed E-state index contributed by atoms with van der Waals surface area (Å²) in [4.78, 5) is 26.4. The third kappa shape index (κ3) is 3.61. The topological polar surface area (TPSA) is 87.1 Å². The van der Waals surface area contributed by atoms with Crippen LogP contribution in [0.15, 0.2) is 58.6 Å². The summed E-state index contributed by atoms with van der Waals surface area (Å²) in [7, 11) is 1.53. The van der Waals surface area contributed by atoms with Crippen LogP contribution >= 0.6 is 15.9 Å². The second-order valence-corrected chi connectivity index (χ2v) is 6.91. The lowest BCUT2D eigenvalue weighted by atomic mass is 9.95. The number of aliphatic hydroxyl groups excluding tert-OH is 2. The van der Waals surface area contributed by atoms with E-state index in [2.05, 4.69) is 15.9 Å². The summed E-state index contributed by atoms with van der Waals surface area (Å²) in [6.45, 7) is -0.298. The third-order valence-electron chi connectivity index (χ3n) is 4.43. The summed E-state index contributed by atoms with van der Waals surface area (Å²) in [5.74, 6) is -1.17. The average Bonchev–Trinajstić information content (AvgIpc) is 2.93. The van der Waals surface area contributed by atoms with Crippen LogP contribution in [0.5, 0.6) is 5.75 Å². The van der Waals surface area contributed by atoms with E-state index in [1.165, 1.54) is 12.0 Å². The van der Waals surface area contributed by atoms with E-state index in [4.69, 9.17) is 4.74 Å². The van der Waals surface area contributed by atoms with E-state index in [1.807, 2.05) is 0 Å². The molecule has 1 amide bonds. The predicted octanol–water partition coefficient (Wildman–Crippen LogP) is 2.87. The zero-order valence-corrected chi connectivity index (χ0v) is 16.1. The Kier molecular flexibility index (Phi) is 5.62. The number of hydrogen-bond donors (Lipinski definition) is 2. The standard InChI is InChI=1S/C20H18BrNO5/c1-27-15-8-4-13(5-9-15)18(24)16-17(12-2-6-14(21)7-3-12)22(10-11-23)20(26)19(16)25/h2-9,17,23-24H,10-11H2,1H3/t17-/m1/s1. The zero-order valence-electron chi connectivity index (χ0n) is 14.6. The molecular weight excluding hydrogens is 414 g/mol. The molecule has 6 nitrogen and oxygen atoms in total. The average molecular weight is 432 g/mol. The highest BCUT2D eigenvalue weighted by molar-refractivity contribution is 9.10. The SMILES string of the molecule is COc1ccc(C(O)=C2C(=O)C(=O)N(CCO)[C@@H]2c2ccc(Br)cc2)cc1. The first-order chi connectivity index (χ1) is 13.0. The van der Waals surface area contributed by atoms with Crippen molar-refractivity contribution in [1.82, 2.24) is 4.90 Å². The van der Waals surface area contributed by atoms with Gasteiger partial charge in [-0.15, -0.1) is 0 Å². The van der Waals surface area contributed by atoms with Gasteiger partial charge in [-0.05, 0) is 42.0 Å². The molecule has 7 heteroatoms. The van der Waals surface area contributed by atoms with Crippen molar-refractivity contribution in [2.75, 3.05) is 20.3 Å². The van der Waals surface area contributed by atoms with Crippen LogP contribution in [0.4, 0.5) is 0 Å². The molecule has 1 saturated heterocycles. The van der Waals surface area contributed by atoms with Crippen molar-refractivity contribution in [1.29, 1.82) is 0 Å². The van der Waals surface area contributed by atoms with Crippen LogP contribution in [0, 0.1) is 0 Å². The molecule has 1 aliphatic heterocycles. The number of amides is 1. The van der Waals surface area contributed by atoms with Gasteiger partial charge in [-0.25, -0.2) is 0 Å². The molecule has 1 fully saturated rings. The van der Waals surface area contributed by atoms with Gasteiger partial charge >= 0.3 is 0 Å². The predicted molar refractivity (Wildman–Crippen MR) is 103 cm³/mol. The minimum Gasteiger partial charge on any atom is -0.507 e. The molecule has 0 spiro atoms. The second-order valence-electron chi connectivity index (χ2n) is 6.00. The number of aliphatic hydroxyl groups is 2. The molecular formula is C20H18BrNO5. The van der Waals surface area contributed by atoms with Gasteiger partial charge in [0.1, 0.15) is 11.5 Å². The zero-order chi connectivity index (χ0) is 19.6. The number of rotatable bonds is 5. The van der Waals surface area contributed by atoms with Crippen molar-refractivity contribution < 1.29 is 24.5 Å². The Balaban J connectivity index is 2.14. The van der Waals surface area contributed by atoms with Crippen LogP contribution in [0.25, 0.3) is 5.76 Å². The monoisotopic (exact) mass is 431 g/mol. The van der Waals surface area contributed by atoms with E-state index < -0.39 is 17.7 Å². The number of hydrogen-bond acceptors (Lipinski definition) is 5. The van der Waals surface area contributed by atoms with E-state index in [-0.39, 0.29) is 24.5 Å². The number of nitrogens with zero attached hydrogens (tertiary/aromatic N) is 1. The number of methoxy groups -OCH3 is 1. The molecule has 0 saturated carbocycles. The molecule has 0 bridgehead atoms. The van der Waals surface area contributed by atoms with Gasteiger partial charge in [0.15, 0.2) is 0 Å². The summed E-state index contributed by atoms with van der Waals surface area (Å²) in [6.07, 6.45) is 0. The first kappa shape index (κ1) is 19.1. The Morgan fingerprint density at radius 2 is 1.74 bits per heavy atom. The van der Waals surface area contributed by atoms with E-state index in [0.717, 1.165) is 4.47 Å². The van der Waals surface area contributed by atoms with Crippen molar-refractivity contribution in [3.63, 3.8) is 0 Å². The summed E-state index contributed by atoms with van der Waals surface area (Å²) in [6, 6.07) is 12.9. The first-order valence-corrected chi connectivity index (χ1v) is 9.06. The number of benzene rings is 2. The Morgan fingerprint density at radius 1 is 1.11 bits per heavy atom. The van der Waals surface area contributed by atoms with Crippen molar-refractivity contribution in [2.24, 2.45) is 0 Å². The van der Waals surface area contributed by atoms with E-state index in [9.17, 15) is 19.8 Å². The van der Waals surface area contributed by atoms with Gasteiger partial charge in [0.25, 0.3) is 11.7 Å². The van der Waals surface area contributed by atoms with Gasteiger partial charge in [-0.2, -0.15) is 0 Å². The van der Waals surface area contributed by atoms with Crippen molar-refractivity contribution in [3.8, 4) is 5.75 Å². The molecule has 1 aliphatic rings. The van der Waals surface area contributed by atoms with Crippen LogP contribution in [0.2, 0.25) is 0 Å². The number of carbonyl (C=O) groups excluding carboxylic acids is 2. The first-order valence-electron chi connectivity index (χ1n) is 8.27. The highest BCUT2D eigenvalue weighted by Gasteiger charge is 2.45. The molecule has 0 aliphatic carbocycles. The number of likely N-dealkylation sites (tertiary alicyclic amines) is 1. The number of ether oxygens (including phenoxy) is 1. The Morgan fingerprint density at radius 3 is 2.30 bits per heavy atom. The van der Waals surface area contributed by atoms with Crippen molar-refractivity contribution in [2.45, 2.75) is 6.04 Å². The highest BCUT2D eigenvalue weighted by Crippen LogP contribution is 2.39. The number of ketones is 1. The summed E-state index contributed by atoms with van der Waals surface area (Å²) >= 11 is 3.36. The van der Waals surface area contributed by atoms with Gasteiger partial charge < -0.3 is 19.8 Å². The molecule has 140 valence electrons. The number of β-amino-alcohol motifs (C(OH)–C–C–N with tert-alkyl or cyclic N) is 1. The van der Waals surface area contributed by atoms with Crippen LogP contribution in [-0.4, -0.2) is 47.1 Å². The molecule has 2 aromatic rings. The Labute approximate surface area is 164 Å². The van der Waals surface area contributed by atoms with Crippen molar-refractivity contribution in [3.05, 3.63) is 69.7 Å². The quantitative estimate of drug-likeness (QED) is 0.431. The third-order valence-corrected chi connectivity index (χ3v) is 4.96. The van der Waals surface area contributed by atoms with E-state index in [0.29, 0.717) is 16.9 Å². The van der Waals surface area contributed by atoms with Crippen LogP contribution in [0.3, 0.4) is 0 Å². The summed E-state index contributed by atoms with van der Waals surface area (Å²) in [5, 5.41) is 20.1. The highest BCUT2D eigenvalue weighted by atomic mass is 79.9. The fourth-order valence-electron chi connectivity index (χ4n) is 3.11. The molecule has 3 rings (SSSR count). The van der Waals surface area contributed by atoms with Crippen LogP contribution < -0.4 is 4.74 Å². The second kappa shape index (κ2) is 7.94. The molecule has 0 unspecified atom stereocenters. The molecule has 27 heavy (non-hydrogen) atoms. The van der Waals surface area contributed by atoms with Crippen LogP contribution in [-0.2, 0) is 9.59 Å². The van der Waals surface area contributed by atoms with Gasteiger partial charge in [0.05, 0.1) is 25.3 Å². The molecule has 2 N–H and O–H groups in total. The van der Waals surface area contributed by atoms with E-state index in [1.54, 1.807) is 48.5 Å². The van der Waals surface area contributed by atoms with Crippen molar-refractivity contribution >= 4 is 33.4 Å². The minimum atomic E-state index is -0.773. The number of halogens is 1. The normalized spacial score (nSPS) is 18.8. The fraction of sp³-hybridized carbons (Fsp3) is 0.200. The summed E-state index contributed by atoms with van der Waals surface area (Å²) < 4.78 is 5.95. The van der Waals surface area contributed by atoms with Crippen LogP contribution in [0.1, 0.15) is 17.2 Å². The lowest BCUT2D eigenvalue weighted by Crippen LogP contribution is -2.32. The summed E-state index contributed by atoms with van der Waals surface area (Å²) in [5.41, 5.74) is 1.07. The number of carbonyl (C=O) groups is 2. The molecule has 0 radical (unpaired) electrons. The lowest BCUT2D eigenvalue weighted by Gasteiger charge is -2.24. The maximum Gasteiger partial charge on any atom is 0.295 e. The molecule has 2 aromatic carbocycles. The smallest absolute Gasteiger partial charge is 0.295 e. The largest absolute Gasteiger partial charge is 0.507 e. The molecule has 0 aromatic heterocycles. The van der Waals surface area contributed by atoms with Gasteiger partial charge in [0.2, 0.25) is 0 Å². The number of Topliss-reactive ketones (excluding diaryl/α,β-unsaturated/α-hetero) is 1. The maximum absolute atomic E-state index is 12.7. The molecule has 1 heterocycles. The maximum atomic E-state index is 12.7. The minimum absolute atomic E-state index is 0.000870. The van der Waals surface area contributed by atoms with Gasteiger partial charge in [-0.3, -0.25) is 9.59 Å². The Bertz CT molecular complexity index is 890. The van der Waals surface area contributed by atoms with Gasteiger partial charge in [-0.1, -0.05) is 28.1 Å². The lowest BCUT2D eigenvalue weighted by molar-refractivity contribution is -0.140. The van der Waals surface area contributed by atoms with Gasteiger partial charge in [0, 0.05) is 16.6 Å². The fourth-order valence-corrected chi connectivity index (χ4v) is 3.38. The van der Waals surface area contributed by atoms with E-state index >= 15 is 0 Å². The Hall–Kier alpha value is -2.64.